The zero-order chi connectivity index (χ0) is 8.53. The average Bonchev–Trinajstić information content (AvgIpc) is 1.99. The summed E-state index contributed by atoms with van der Waals surface area (Å²) in [6.07, 6.45) is 1.66. The lowest BCUT2D eigenvalue weighted by Crippen LogP contribution is -2.09. The Hall–Kier alpha value is -0.640. The molecule has 0 unspecified atom stereocenters. The van der Waals surface area contributed by atoms with E-state index in [1.165, 1.54) is 6.26 Å². The van der Waals surface area contributed by atoms with Crippen LogP contribution < -0.4 is 0 Å². The Labute approximate surface area is 71.8 Å². The van der Waals surface area contributed by atoms with Crippen LogP contribution in [0, 0.1) is 0 Å². The second-order valence-electron chi connectivity index (χ2n) is 1.73. The summed E-state index contributed by atoms with van der Waals surface area (Å²) in [4.78, 5) is 10.7. The van der Waals surface area contributed by atoms with Gasteiger partial charge in [0.25, 0.3) is 0 Å². The monoisotopic (exact) mass is 176 g/mol. The van der Waals surface area contributed by atoms with Crippen molar-refractivity contribution in [3.8, 4) is 0 Å². The SMILES string of the molecule is C=COCCOC(=O)CCS. The van der Waals surface area contributed by atoms with Gasteiger partial charge in [-0.2, -0.15) is 12.6 Å². The van der Waals surface area contributed by atoms with Crippen LogP contribution in [0.2, 0.25) is 0 Å². The molecule has 0 spiro atoms. The van der Waals surface area contributed by atoms with Crippen molar-refractivity contribution >= 4 is 18.6 Å². The molecule has 0 aromatic heterocycles. The quantitative estimate of drug-likeness (QED) is 0.284. The highest BCUT2D eigenvalue weighted by molar-refractivity contribution is 7.80. The largest absolute Gasteiger partial charge is 0.498 e. The molecule has 0 aliphatic carbocycles. The van der Waals surface area contributed by atoms with Gasteiger partial charge in [0.05, 0.1) is 12.7 Å². The van der Waals surface area contributed by atoms with Gasteiger partial charge in [-0.3, -0.25) is 4.79 Å². The van der Waals surface area contributed by atoms with Crippen molar-refractivity contribution in [2.45, 2.75) is 6.42 Å². The molecule has 0 bridgehead atoms. The molecule has 4 heteroatoms. The Balaban J connectivity index is 3.10. The average molecular weight is 176 g/mol. The minimum atomic E-state index is -0.243. The third kappa shape index (κ3) is 7.25. The maximum atomic E-state index is 10.7. The molecule has 0 N–H and O–H groups in total. The maximum Gasteiger partial charge on any atom is 0.306 e. The van der Waals surface area contributed by atoms with Crippen LogP contribution in [0.25, 0.3) is 0 Å². The summed E-state index contributed by atoms with van der Waals surface area (Å²) in [5.74, 6) is 0.272. The number of carbonyl (C=O) groups is 1. The van der Waals surface area contributed by atoms with E-state index in [-0.39, 0.29) is 12.6 Å². The summed E-state index contributed by atoms with van der Waals surface area (Å²) in [5, 5.41) is 0. The van der Waals surface area contributed by atoms with Gasteiger partial charge in [-0.25, -0.2) is 0 Å². The molecule has 0 saturated heterocycles. The number of hydrogen-bond donors (Lipinski definition) is 1. The Morgan fingerprint density at radius 1 is 1.55 bits per heavy atom. The van der Waals surface area contributed by atoms with E-state index in [1.54, 1.807) is 0 Å². The summed E-state index contributed by atoms with van der Waals surface area (Å²) in [6.45, 7) is 3.98. The van der Waals surface area contributed by atoms with Crippen molar-refractivity contribution in [1.29, 1.82) is 0 Å². The topological polar surface area (TPSA) is 35.5 Å². The fourth-order valence-corrected chi connectivity index (χ4v) is 0.633. The van der Waals surface area contributed by atoms with Crippen LogP contribution in [0.4, 0.5) is 0 Å². The predicted molar refractivity (Wildman–Crippen MR) is 45.6 cm³/mol. The molecule has 0 aliphatic heterocycles. The lowest BCUT2D eigenvalue weighted by Gasteiger charge is -2.02. The van der Waals surface area contributed by atoms with Gasteiger partial charge in [-0.05, 0) is 0 Å². The van der Waals surface area contributed by atoms with Crippen molar-refractivity contribution in [1.82, 2.24) is 0 Å². The summed E-state index contributed by atoms with van der Waals surface area (Å²) >= 11 is 3.88. The third-order valence-electron chi connectivity index (χ3n) is 0.898. The second-order valence-corrected chi connectivity index (χ2v) is 2.18. The fraction of sp³-hybridized carbons (Fsp3) is 0.571. The molecule has 0 fully saturated rings. The van der Waals surface area contributed by atoms with Gasteiger partial charge in [0.2, 0.25) is 0 Å². The van der Waals surface area contributed by atoms with Gasteiger partial charge in [-0.15, -0.1) is 0 Å². The van der Waals surface area contributed by atoms with Gasteiger partial charge in [0.15, 0.2) is 0 Å². The lowest BCUT2D eigenvalue weighted by molar-refractivity contribution is -0.144. The fourth-order valence-electron chi connectivity index (χ4n) is 0.450. The Morgan fingerprint density at radius 3 is 2.82 bits per heavy atom. The van der Waals surface area contributed by atoms with E-state index in [2.05, 4.69) is 19.2 Å². The number of rotatable bonds is 6. The summed E-state index contributed by atoms with van der Waals surface area (Å²) in [5.41, 5.74) is 0. The number of esters is 1. The number of ether oxygens (including phenoxy) is 2. The van der Waals surface area contributed by atoms with Crippen molar-refractivity contribution in [3.63, 3.8) is 0 Å². The van der Waals surface area contributed by atoms with Crippen LogP contribution in [0.5, 0.6) is 0 Å². The minimum absolute atomic E-state index is 0.243. The normalized spacial score (nSPS) is 8.82. The summed E-state index contributed by atoms with van der Waals surface area (Å²) in [7, 11) is 0. The van der Waals surface area contributed by atoms with Crippen LogP contribution in [0.3, 0.4) is 0 Å². The molecule has 0 aromatic rings. The maximum absolute atomic E-state index is 10.7. The minimum Gasteiger partial charge on any atom is -0.498 e. The highest BCUT2D eigenvalue weighted by Gasteiger charge is 1.98. The lowest BCUT2D eigenvalue weighted by atomic mass is 10.5. The number of hydrogen-bond acceptors (Lipinski definition) is 4. The molecule has 3 nitrogen and oxygen atoms in total. The van der Waals surface area contributed by atoms with Crippen LogP contribution in [-0.2, 0) is 14.3 Å². The van der Waals surface area contributed by atoms with Crippen LogP contribution in [0.15, 0.2) is 12.8 Å². The molecule has 0 heterocycles. The molecule has 0 atom stereocenters. The Bertz CT molecular complexity index is 125. The van der Waals surface area contributed by atoms with E-state index in [0.29, 0.717) is 18.8 Å². The van der Waals surface area contributed by atoms with Crippen molar-refractivity contribution < 1.29 is 14.3 Å². The van der Waals surface area contributed by atoms with Crippen LogP contribution >= 0.6 is 12.6 Å². The Morgan fingerprint density at radius 2 is 2.27 bits per heavy atom. The van der Waals surface area contributed by atoms with Gasteiger partial charge < -0.3 is 9.47 Å². The van der Waals surface area contributed by atoms with Gasteiger partial charge >= 0.3 is 5.97 Å². The molecule has 64 valence electrons. The zero-order valence-corrected chi connectivity index (χ0v) is 7.18. The van der Waals surface area contributed by atoms with Gasteiger partial charge in [0.1, 0.15) is 13.2 Å². The van der Waals surface area contributed by atoms with Crippen molar-refractivity contribution in [2.75, 3.05) is 19.0 Å². The van der Waals surface area contributed by atoms with E-state index in [1.807, 2.05) is 0 Å². The first-order valence-electron chi connectivity index (χ1n) is 3.30. The third-order valence-corrected chi connectivity index (χ3v) is 1.12. The highest BCUT2D eigenvalue weighted by atomic mass is 32.1. The summed E-state index contributed by atoms with van der Waals surface area (Å²) in [6, 6.07) is 0. The smallest absolute Gasteiger partial charge is 0.306 e. The molecule has 0 aromatic carbocycles. The van der Waals surface area contributed by atoms with E-state index in [4.69, 9.17) is 9.47 Å². The van der Waals surface area contributed by atoms with Crippen LogP contribution in [-0.4, -0.2) is 24.9 Å². The van der Waals surface area contributed by atoms with E-state index in [9.17, 15) is 4.79 Å². The predicted octanol–water partition coefficient (Wildman–Crippen LogP) is 1.01. The molecular weight excluding hydrogens is 164 g/mol. The number of thiol groups is 1. The standard InChI is InChI=1S/C7H12O3S/c1-2-9-4-5-10-7(8)3-6-11/h2,11H,1,3-6H2. The molecule has 0 aliphatic rings. The first kappa shape index (κ1) is 10.4. The van der Waals surface area contributed by atoms with Crippen LogP contribution in [0.1, 0.15) is 6.42 Å². The highest BCUT2D eigenvalue weighted by Crippen LogP contribution is 1.88. The molecule has 0 rings (SSSR count). The first-order chi connectivity index (χ1) is 5.31. The molecule has 0 saturated carbocycles. The summed E-state index contributed by atoms with van der Waals surface area (Å²) < 4.78 is 9.45. The second kappa shape index (κ2) is 7.47. The number of carbonyl (C=O) groups excluding carboxylic acids is 1. The zero-order valence-electron chi connectivity index (χ0n) is 6.28. The van der Waals surface area contributed by atoms with Gasteiger partial charge in [-0.1, -0.05) is 6.58 Å². The van der Waals surface area contributed by atoms with Crippen molar-refractivity contribution in [2.24, 2.45) is 0 Å². The first-order valence-corrected chi connectivity index (χ1v) is 3.93. The molecule has 0 radical (unpaired) electrons. The van der Waals surface area contributed by atoms with E-state index in [0.717, 1.165) is 0 Å². The molecular formula is C7H12O3S. The van der Waals surface area contributed by atoms with Crippen molar-refractivity contribution in [3.05, 3.63) is 12.8 Å². The molecule has 0 amide bonds. The van der Waals surface area contributed by atoms with E-state index >= 15 is 0 Å². The molecule has 11 heavy (non-hydrogen) atoms. The Kier molecular flexibility index (Phi) is 7.03. The van der Waals surface area contributed by atoms with E-state index < -0.39 is 0 Å². The van der Waals surface area contributed by atoms with Gasteiger partial charge in [0, 0.05) is 5.75 Å².